The maximum atomic E-state index is 12.3. The minimum Gasteiger partial charge on any atom is -0.338 e. The van der Waals surface area contributed by atoms with Crippen LogP contribution in [0.4, 0.5) is 5.69 Å². The average Bonchev–Trinajstić information content (AvgIpc) is 3.13. The SMILES string of the molecule is CN(Cc1cnn(Cc2ccccc2)c1)C(=O)/C=C/c1ccccc1[N+](=O)[O-]. The lowest BCUT2D eigenvalue weighted by molar-refractivity contribution is -0.385. The molecule has 0 saturated carbocycles. The molecule has 7 heteroatoms. The molecule has 3 rings (SSSR count). The number of amides is 1. The molecule has 0 aliphatic rings. The zero-order valence-corrected chi connectivity index (χ0v) is 15.4. The quantitative estimate of drug-likeness (QED) is 0.359. The number of aromatic nitrogens is 2. The van der Waals surface area contributed by atoms with Gasteiger partial charge >= 0.3 is 0 Å². The molecule has 0 aliphatic heterocycles. The predicted octanol–water partition coefficient (Wildman–Crippen LogP) is 3.51. The standard InChI is InChI=1S/C21H20N4O3/c1-23(21(26)12-11-19-9-5-6-10-20(19)25(27)28)14-18-13-22-24(16-18)15-17-7-3-2-4-8-17/h2-13,16H,14-15H2,1H3/b12-11+. The normalized spacial score (nSPS) is 10.9. The van der Waals surface area contributed by atoms with Crippen molar-refractivity contribution in [1.29, 1.82) is 0 Å². The van der Waals surface area contributed by atoms with Gasteiger partial charge in [0, 0.05) is 37.5 Å². The van der Waals surface area contributed by atoms with Gasteiger partial charge in [0.15, 0.2) is 0 Å². The van der Waals surface area contributed by atoms with Gasteiger partial charge in [-0.1, -0.05) is 42.5 Å². The lowest BCUT2D eigenvalue weighted by Gasteiger charge is -2.13. The number of benzene rings is 2. The lowest BCUT2D eigenvalue weighted by Crippen LogP contribution is -2.23. The summed E-state index contributed by atoms with van der Waals surface area (Å²) < 4.78 is 1.83. The van der Waals surface area contributed by atoms with E-state index in [-0.39, 0.29) is 11.6 Å². The van der Waals surface area contributed by atoms with Gasteiger partial charge in [-0.3, -0.25) is 19.6 Å². The highest BCUT2D eigenvalue weighted by atomic mass is 16.6. The Labute approximate surface area is 162 Å². The average molecular weight is 376 g/mol. The van der Waals surface area contributed by atoms with Crippen molar-refractivity contribution >= 4 is 17.7 Å². The van der Waals surface area contributed by atoms with Crippen LogP contribution in [-0.2, 0) is 17.9 Å². The number of rotatable bonds is 7. The second kappa shape index (κ2) is 8.77. The molecule has 0 atom stereocenters. The van der Waals surface area contributed by atoms with E-state index < -0.39 is 4.92 Å². The molecule has 0 fully saturated rings. The maximum Gasteiger partial charge on any atom is 0.276 e. The number of hydrogen-bond acceptors (Lipinski definition) is 4. The molecular formula is C21H20N4O3. The predicted molar refractivity (Wildman–Crippen MR) is 106 cm³/mol. The van der Waals surface area contributed by atoms with Crippen molar-refractivity contribution in [3.8, 4) is 0 Å². The molecule has 0 bridgehead atoms. The van der Waals surface area contributed by atoms with Gasteiger partial charge in [0.1, 0.15) is 0 Å². The second-order valence-electron chi connectivity index (χ2n) is 6.38. The summed E-state index contributed by atoms with van der Waals surface area (Å²) in [4.78, 5) is 24.5. The molecule has 0 saturated heterocycles. The summed E-state index contributed by atoms with van der Waals surface area (Å²) in [6.07, 6.45) is 6.45. The summed E-state index contributed by atoms with van der Waals surface area (Å²) in [7, 11) is 1.68. The van der Waals surface area contributed by atoms with Crippen LogP contribution in [0.25, 0.3) is 6.08 Å². The topological polar surface area (TPSA) is 81.3 Å². The molecule has 0 N–H and O–H groups in total. The van der Waals surface area contributed by atoms with Crippen molar-refractivity contribution in [3.63, 3.8) is 0 Å². The number of carbonyl (C=O) groups is 1. The monoisotopic (exact) mass is 376 g/mol. The van der Waals surface area contributed by atoms with Crippen molar-refractivity contribution in [1.82, 2.24) is 14.7 Å². The van der Waals surface area contributed by atoms with E-state index in [0.717, 1.165) is 11.1 Å². The fourth-order valence-electron chi connectivity index (χ4n) is 2.78. The van der Waals surface area contributed by atoms with Gasteiger partial charge < -0.3 is 4.90 Å². The molecule has 0 spiro atoms. The van der Waals surface area contributed by atoms with E-state index in [0.29, 0.717) is 18.7 Å². The van der Waals surface area contributed by atoms with Gasteiger partial charge in [0.05, 0.1) is 23.2 Å². The molecule has 1 amide bonds. The van der Waals surface area contributed by atoms with E-state index in [4.69, 9.17) is 0 Å². The van der Waals surface area contributed by atoms with E-state index in [1.54, 1.807) is 31.4 Å². The molecular weight excluding hydrogens is 356 g/mol. The number of likely N-dealkylation sites (N-methyl/N-ethyl adjacent to an activating group) is 1. The van der Waals surface area contributed by atoms with Crippen LogP contribution in [0.2, 0.25) is 0 Å². The van der Waals surface area contributed by atoms with E-state index >= 15 is 0 Å². The van der Waals surface area contributed by atoms with E-state index in [1.165, 1.54) is 23.1 Å². The zero-order valence-electron chi connectivity index (χ0n) is 15.4. The Morgan fingerprint density at radius 2 is 1.86 bits per heavy atom. The van der Waals surface area contributed by atoms with Crippen molar-refractivity contribution in [2.45, 2.75) is 13.1 Å². The Morgan fingerprint density at radius 3 is 2.61 bits per heavy atom. The largest absolute Gasteiger partial charge is 0.338 e. The van der Waals surface area contributed by atoms with Crippen LogP contribution in [0, 0.1) is 10.1 Å². The number of nitro groups is 1. The highest BCUT2D eigenvalue weighted by Gasteiger charge is 2.11. The van der Waals surface area contributed by atoms with Crippen LogP contribution in [0.15, 0.2) is 73.1 Å². The van der Waals surface area contributed by atoms with Gasteiger partial charge in [-0.2, -0.15) is 5.10 Å². The Morgan fingerprint density at radius 1 is 1.14 bits per heavy atom. The minimum atomic E-state index is -0.463. The molecule has 2 aromatic carbocycles. The van der Waals surface area contributed by atoms with Gasteiger partial charge in [-0.25, -0.2) is 0 Å². The van der Waals surface area contributed by atoms with Crippen LogP contribution in [0.5, 0.6) is 0 Å². The summed E-state index contributed by atoms with van der Waals surface area (Å²) in [6.45, 7) is 1.06. The molecule has 0 unspecified atom stereocenters. The van der Waals surface area contributed by atoms with Crippen LogP contribution < -0.4 is 0 Å². The molecule has 0 aliphatic carbocycles. The highest BCUT2D eigenvalue weighted by Crippen LogP contribution is 2.19. The molecule has 7 nitrogen and oxygen atoms in total. The van der Waals surface area contributed by atoms with E-state index in [9.17, 15) is 14.9 Å². The molecule has 1 heterocycles. The van der Waals surface area contributed by atoms with Gasteiger partial charge in [0.2, 0.25) is 5.91 Å². The Balaban J connectivity index is 1.61. The zero-order chi connectivity index (χ0) is 19.9. The van der Waals surface area contributed by atoms with Crippen molar-refractivity contribution in [2.75, 3.05) is 7.05 Å². The highest BCUT2D eigenvalue weighted by molar-refractivity contribution is 5.92. The van der Waals surface area contributed by atoms with E-state index in [1.807, 2.05) is 41.2 Å². The first kappa shape index (κ1) is 19.0. The smallest absolute Gasteiger partial charge is 0.276 e. The summed E-state index contributed by atoms with van der Waals surface area (Å²) >= 11 is 0. The third kappa shape index (κ3) is 4.91. The first-order valence-electron chi connectivity index (χ1n) is 8.75. The fourth-order valence-corrected chi connectivity index (χ4v) is 2.78. The maximum absolute atomic E-state index is 12.3. The number of hydrogen-bond donors (Lipinski definition) is 0. The van der Waals surface area contributed by atoms with Crippen LogP contribution in [0.3, 0.4) is 0 Å². The van der Waals surface area contributed by atoms with Gasteiger partial charge in [-0.15, -0.1) is 0 Å². The fraction of sp³-hybridized carbons (Fsp3) is 0.143. The van der Waals surface area contributed by atoms with Gasteiger partial charge in [-0.05, 0) is 17.7 Å². The minimum absolute atomic E-state index is 0.0311. The summed E-state index contributed by atoms with van der Waals surface area (Å²) in [5, 5.41) is 15.4. The molecule has 0 radical (unpaired) electrons. The summed E-state index contributed by atoms with van der Waals surface area (Å²) in [6, 6.07) is 16.3. The van der Waals surface area contributed by atoms with Crippen LogP contribution in [0.1, 0.15) is 16.7 Å². The number of nitrogens with zero attached hydrogens (tertiary/aromatic N) is 4. The Hall–Kier alpha value is -3.74. The molecule has 28 heavy (non-hydrogen) atoms. The second-order valence-corrected chi connectivity index (χ2v) is 6.38. The van der Waals surface area contributed by atoms with Gasteiger partial charge in [0.25, 0.3) is 5.69 Å². The van der Waals surface area contributed by atoms with Crippen LogP contribution >= 0.6 is 0 Å². The summed E-state index contributed by atoms with van der Waals surface area (Å²) in [5.41, 5.74) is 2.42. The van der Waals surface area contributed by atoms with Crippen molar-refractivity contribution in [2.24, 2.45) is 0 Å². The lowest BCUT2D eigenvalue weighted by atomic mass is 10.1. The molecule has 3 aromatic rings. The number of nitro benzene ring substituents is 1. The third-order valence-electron chi connectivity index (χ3n) is 4.21. The number of carbonyl (C=O) groups excluding carboxylic acids is 1. The van der Waals surface area contributed by atoms with Crippen molar-refractivity contribution in [3.05, 3.63) is 99.9 Å². The van der Waals surface area contributed by atoms with E-state index in [2.05, 4.69) is 5.10 Å². The Kier molecular flexibility index (Phi) is 5.96. The third-order valence-corrected chi connectivity index (χ3v) is 4.21. The Bertz CT molecular complexity index is 996. The number of para-hydroxylation sites is 1. The van der Waals surface area contributed by atoms with Crippen molar-refractivity contribution < 1.29 is 9.72 Å². The first-order chi connectivity index (χ1) is 13.5. The van der Waals surface area contributed by atoms with Crippen LogP contribution in [-0.4, -0.2) is 32.6 Å². The summed E-state index contributed by atoms with van der Waals surface area (Å²) in [5.74, 6) is -0.242. The molecule has 142 valence electrons. The first-order valence-corrected chi connectivity index (χ1v) is 8.75. The molecule has 1 aromatic heterocycles.